The lowest BCUT2D eigenvalue weighted by Crippen LogP contribution is -2.42. The molecule has 1 aliphatic rings. The van der Waals surface area contributed by atoms with Gasteiger partial charge >= 0.3 is 6.09 Å². The molecule has 0 bridgehead atoms. The number of amidine groups is 1. The Morgan fingerprint density at radius 2 is 1.80 bits per heavy atom. The molecule has 0 atom stereocenters. The van der Waals surface area contributed by atoms with Gasteiger partial charge in [0, 0.05) is 52.8 Å². The van der Waals surface area contributed by atoms with Gasteiger partial charge in [-0.1, -0.05) is 31.5 Å². The van der Waals surface area contributed by atoms with Gasteiger partial charge in [-0.3, -0.25) is 4.98 Å². The molecule has 3 aromatic heterocycles. The van der Waals surface area contributed by atoms with Crippen LogP contribution in [0.2, 0.25) is 5.02 Å². The number of carbonyl (C=O) groups excluding carboxylic acids is 1. The molecular formula is C34H41ClFN7O3. The molecule has 1 saturated carbocycles. The number of nitrogens with one attached hydrogen (secondary N) is 2. The Morgan fingerprint density at radius 1 is 1.09 bits per heavy atom. The fourth-order valence-corrected chi connectivity index (χ4v) is 5.59. The van der Waals surface area contributed by atoms with Crippen LogP contribution in [0.25, 0.3) is 16.6 Å². The van der Waals surface area contributed by atoms with E-state index in [0.717, 1.165) is 53.7 Å². The fraction of sp³-hybridized carbons (Fsp3) is 0.412. The van der Waals surface area contributed by atoms with Crippen LogP contribution in [-0.4, -0.2) is 55.9 Å². The number of aliphatic hydroxyl groups excluding tert-OH is 1. The number of aliphatic imine (C=N–C) groups is 1. The van der Waals surface area contributed by atoms with Gasteiger partial charge < -0.3 is 26.2 Å². The molecule has 46 heavy (non-hydrogen) atoms. The summed E-state index contributed by atoms with van der Waals surface area (Å²) in [7, 11) is 0. The number of aromatic nitrogens is 3. The van der Waals surface area contributed by atoms with E-state index >= 15 is 0 Å². The summed E-state index contributed by atoms with van der Waals surface area (Å²) < 4.78 is 21.2. The summed E-state index contributed by atoms with van der Waals surface area (Å²) in [6, 6.07) is 9.92. The predicted molar refractivity (Wildman–Crippen MR) is 179 cm³/mol. The number of pyridine rings is 1. The molecule has 1 aromatic carbocycles. The van der Waals surface area contributed by atoms with Crippen LogP contribution in [0.15, 0.2) is 60.0 Å². The third-order valence-electron chi connectivity index (χ3n) is 8.04. The maximum absolute atomic E-state index is 14.0. The molecule has 0 radical (unpaired) electrons. The van der Waals surface area contributed by atoms with Gasteiger partial charge in [0.1, 0.15) is 17.3 Å². The van der Waals surface area contributed by atoms with Crippen LogP contribution >= 0.6 is 11.6 Å². The Morgan fingerprint density at radius 3 is 2.46 bits per heavy atom. The van der Waals surface area contributed by atoms with Crippen molar-refractivity contribution < 1.29 is 19.0 Å². The van der Waals surface area contributed by atoms with Crippen LogP contribution in [0.4, 0.5) is 20.6 Å². The van der Waals surface area contributed by atoms with Crippen molar-refractivity contribution in [3.8, 4) is 11.1 Å². The highest BCUT2D eigenvalue weighted by molar-refractivity contribution is 6.33. The molecule has 1 amide bonds. The predicted octanol–water partition coefficient (Wildman–Crippen LogP) is 6.74. The quantitative estimate of drug-likeness (QED) is 0.122. The fourth-order valence-electron chi connectivity index (χ4n) is 5.43. The van der Waals surface area contributed by atoms with Crippen LogP contribution in [0.3, 0.4) is 0 Å². The summed E-state index contributed by atoms with van der Waals surface area (Å²) in [5, 5.41) is 21.3. The molecule has 1 aliphatic carbocycles. The molecule has 12 heteroatoms. The minimum absolute atomic E-state index is 0.0118. The van der Waals surface area contributed by atoms with E-state index in [1.54, 1.807) is 16.9 Å². The SMILES string of the molecule is CC(C)(C)OC(=O)N[C@H]1CC[C@H](Nc2c(/C(N)=N/c3cc(F)ccc3Cl)cnn3cc(-c4ccc(C(C)(C)CO)nc4)cc23)CC1. The van der Waals surface area contributed by atoms with Gasteiger partial charge in [-0.15, -0.1) is 0 Å². The molecular weight excluding hydrogens is 609 g/mol. The van der Waals surface area contributed by atoms with Gasteiger partial charge in [-0.2, -0.15) is 5.10 Å². The van der Waals surface area contributed by atoms with Crippen molar-refractivity contribution in [3.63, 3.8) is 0 Å². The molecule has 10 nitrogen and oxygen atoms in total. The van der Waals surface area contributed by atoms with Crippen molar-refractivity contribution >= 4 is 40.4 Å². The number of nitrogens with zero attached hydrogens (tertiary/aromatic N) is 4. The minimum Gasteiger partial charge on any atom is -0.444 e. The molecule has 5 N–H and O–H groups in total. The standard InChI is InChI=1S/C34H41ClFN7O3/c1-33(2,3)46-32(45)41-24-10-8-23(9-11-24)40-30-25(31(37)42-27-15-22(36)7-12-26(27)35)17-39-43-18-21(14-28(30)43)20-6-13-29(38-16-20)34(4,5)19-44/h6-7,12-18,23-24,40,44H,8-11,19H2,1-5H3,(H2,37,42)(H,41,45)/t23-,24-. The minimum atomic E-state index is -0.562. The first kappa shape index (κ1) is 33.2. The van der Waals surface area contributed by atoms with Gasteiger partial charge in [0.05, 0.1) is 40.3 Å². The largest absolute Gasteiger partial charge is 0.444 e. The number of hydrogen-bond donors (Lipinski definition) is 4. The Kier molecular flexibility index (Phi) is 9.55. The van der Waals surface area contributed by atoms with Crippen LogP contribution < -0.4 is 16.4 Å². The third kappa shape index (κ3) is 7.76. The van der Waals surface area contributed by atoms with E-state index in [-0.39, 0.29) is 35.2 Å². The lowest BCUT2D eigenvalue weighted by atomic mass is 9.89. The number of hydrogen-bond acceptors (Lipinski definition) is 7. The van der Waals surface area contributed by atoms with Crippen LogP contribution in [0, 0.1) is 5.82 Å². The molecule has 0 aliphatic heterocycles. The van der Waals surface area contributed by atoms with Gasteiger partial charge in [0.25, 0.3) is 0 Å². The number of aliphatic hydroxyl groups is 1. The number of halogens is 2. The van der Waals surface area contributed by atoms with E-state index in [1.165, 1.54) is 18.2 Å². The number of ether oxygens (including phenoxy) is 1. The number of fused-ring (bicyclic) bond motifs is 1. The van der Waals surface area contributed by atoms with Crippen LogP contribution in [0.5, 0.6) is 0 Å². The average Bonchev–Trinajstić information content (AvgIpc) is 3.44. The second-order valence-corrected chi connectivity index (χ2v) is 13.8. The Bertz CT molecular complexity index is 1740. The highest BCUT2D eigenvalue weighted by Gasteiger charge is 2.27. The zero-order chi connectivity index (χ0) is 33.2. The third-order valence-corrected chi connectivity index (χ3v) is 8.36. The molecule has 1 fully saturated rings. The Hall–Kier alpha value is -4.22. The first-order valence-electron chi connectivity index (χ1n) is 15.4. The van der Waals surface area contributed by atoms with Crippen molar-refractivity contribution in [1.82, 2.24) is 19.9 Å². The zero-order valence-corrected chi connectivity index (χ0v) is 27.5. The van der Waals surface area contributed by atoms with Crippen LogP contribution in [-0.2, 0) is 10.2 Å². The van der Waals surface area contributed by atoms with Gasteiger partial charge in [-0.05, 0) is 70.7 Å². The van der Waals surface area contributed by atoms with E-state index in [9.17, 15) is 14.3 Å². The number of alkyl carbamates (subject to hydrolysis) is 1. The smallest absolute Gasteiger partial charge is 0.407 e. The summed E-state index contributed by atoms with van der Waals surface area (Å²) in [5.41, 5.74) is 10.4. The van der Waals surface area contributed by atoms with Crippen molar-refractivity contribution in [3.05, 3.63) is 77.1 Å². The molecule has 0 unspecified atom stereocenters. The van der Waals surface area contributed by atoms with Crippen molar-refractivity contribution in [2.24, 2.45) is 10.7 Å². The van der Waals surface area contributed by atoms with Crippen molar-refractivity contribution in [2.75, 3.05) is 11.9 Å². The van der Waals surface area contributed by atoms with Gasteiger partial charge in [0.15, 0.2) is 0 Å². The van der Waals surface area contributed by atoms with Gasteiger partial charge in [-0.25, -0.2) is 18.7 Å². The van der Waals surface area contributed by atoms with E-state index in [1.807, 2.05) is 59.0 Å². The molecule has 244 valence electrons. The Labute approximate surface area is 273 Å². The number of anilines is 1. The molecule has 3 heterocycles. The lowest BCUT2D eigenvalue weighted by Gasteiger charge is -2.31. The van der Waals surface area contributed by atoms with Crippen LogP contribution in [0.1, 0.15) is 71.6 Å². The number of benzene rings is 1. The number of carbonyl (C=O) groups is 1. The van der Waals surface area contributed by atoms with E-state index in [2.05, 4.69) is 25.7 Å². The van der Waals surface area contributed by atoms with Crippen molar-refractivity contribution in [1.29, 1.82) is 0 Å². The van der Waals surface area contributed by atoms with E-state index in [4.69, 9.17) is 22.1 Å². The topological polar surface area (TPSA) is 139 Å². The summed E-state index contributed by atoms with van der Waals surface area (Å²) in [4.78, 5) is 21.4. The highest BCUT2D eigenvalue weighted by atomic mass is 35.5. The lowest BCUT2D eigenvalue weighted by molar-refractivity contribution is 0.0492. The highest BCUT2D eigenvalue weighted by Crippen LogP contribution is 2.33. The molecule has 0 saturated heterocycles. The second kappa shape index (κ2) is 13.3. The van der Waals surface area contributed by atoms with E-state index < -0.39 is 22.9 Å². The summed E-state index contributed by atoms with van der Waals surface area (Å²) in [6.07, 6.45) is 8.04. The number of rotatable bonds is 8. The second-order valence-electron chi connectivity index (χ2n) is 13.4. The number of nitrogens with two attached hydrogens (primary N) is 1. The normalized spacial score (nSPS) is 17.6. The monoisotopic (exact) mass is 649 g/mol. The zero-order valence-electron chi connectivity index (χ0n) is 26.8. The van der Waals surface area contributed by atoms with Gasteiger partial charge in [0.2, 0.25) is 0 Å². The first-order chi connectivity index (χ1) is 21.7. The van der Waals surface area contributed by atoms with Crippen molar-refractivity contribution in [2.45, 2.75) is 83.4 Å². The molecule has 5 rings (SSSR count). The molecule has 4 aromatic rings. The summed E-state index contributed by atoms with van der Waals surface area (Å²) in [6.45, 7) is 9.39. The average molecular weight is 650 g/mol. The maximum atomic E-state index is 14.0. The summed E-state index contributed by atoms with van der Waals surface area (Å²) in [5.74, 6) is -0.344. The summed E-state index contributed by atoms with van der Waals surface area (Å²) >= 11 is 6.30. The van der Waals surface area contributed by atoms with E-state index in [0.29, 0.717) is 5.56 Å². The first-order valence-corrected chi connectivity index (χ1v) is 15.7. The number of amides is 1. The Balaban J connectivity index is 1.46. The maximum Gasteiger partial charge on any atom is 0.407 e. The molecule has 0 spiro atoms.